The zero-order chi connectivity index (χ0) is 17.5. The molecule has 0 aromatic heterocycles. The lowest BCUT2D eigenvalue weighted by atomic mass is 10.1. The van der Waals surface area contributed by atoms with Gasteiger partial charge in [0.05, 0.1) is 6.61 Å². The third kappa shape index (κ3) is 5.77. The largest absolute Gasteiger partial charge is 0.457 e. The fraction of sp³-hybridized carbons (Fsp3) is 0.143. The highest BCUT2D eigenvalue weighted by molar-refractivity contribution is 5.85. The van der Waals surface area contributed by atoms with Crippen LogP contribution in [0, 0.1) is 0 Å². The van der Waals surface area contributed by atoms with Crippen molar-refractivity contribution in [2.75, 3.05) is 6.61 Å². The van der Waals surface area contributed by atoms with E-state index < -0.39 is 0 Å². The minimum Gasteiger partial charge on any atom is -0.457 e. The molecule has 3 N–H and O–H groups in total. The average Bonchev–Trinajstić information content (AvgIpc) is 2.66. The number of rotatable bonds is 7. The van der Waals surface area contributed by atoms with Crippen molar-refractivity contribution in [3.05, 3.63) is 84.4 Å². The van der Waals surface area contributed by atoms with Crippen LogP contribution in [0.4, 0.5) is 0 Å². The van der Waals surface area contributed by atoms with Gasteiger partial charge in [0.15, 0.2) is 0 Å². The number of halogens is 1. The Hall–Kier alpha value is -2.53. The van der Waals surface area contributed by atoms with Crippen molar-refractivity contribution in [3.63, 3.8) is 0 Å². The average molecular weight is 372 g/mol. The molecule has 4 nitrogen and oxygen atoms in total. The van der Waals surface area contributed by atoms with E-state index in [4.69, 9.17) is 20.3 Å². The van der Waals surface area contributed by atoms with E-state index in [0.29, 0.717) is 6.42 Å². The molecule has 5 heteroatoms. The molecule has 0 unspecified atom stereocenters. The Bertz CT molecular complexity index is 777. The van der Waals surface area contributed by atoms with Crippen molar-refractivity contribution in [2.45, 2.75) is 12.5 Å². The molecule has 0 aliphatic heterocycles. The van der Waals surface area contributed by atoms with E-state index in [0.717, 1.165) is 28.6 Å². The standard InChI is InChI=1S/C21H21NO3.ClH/c22-17(15-23)14-16-6-8-19(9-7-16)25-21-12-10-20(11-13-21)24-18-4-2-1-3-5-18;/h1-13,17,23H,14-15,22H2;1H/t17-;/m1./s1. The summed E-state index contributed by atoms with van der Waals surface area (Å²) in [5, 5.41) is 9.00. The molecular formula is C21H22ClNO3. The molecule has 0 bridgehead atoms. The number of aliphatic hydroxyl groups is 1. The monoisotopic (exact) mass is 371 g/mol. The fourth-order valence-corrected chi connectivity index (χ4v) is 2.40. The molecule has 0 spiro atoms. The quantitative estimate of drug-likeness (QED) is 0.639. The van der Waals surface area contributed by atoms with Crippen LogP contribution in [0.2, 0.25) is 0 Å². The highest BCUT2D eigenvalue weighted by Gasteiger charge is 2.04. The summed E-state index contributed by atoms with van der Waals surface area (Å²) < 4.78 is 11.6. The molecule has 0 saturated heterocycles. The summed E-state index contributed by atoms with van der Waals surface area (Å²) in [5.41, 5.74) is 6.81. The molecule has 3 rings (SSSR count). The first-order valence-electron chi connectivity index (χ1n) is 8.19. The topological polar surface area (TPSA) is 64.7 Å². The van der Waals surface area contributed by atoms with Gasteiger partial charge in [-0.2, -0.15) is 0 Å². The minimum atomic E-state index is -0.232. The molecule has 0 amide bonds. The summed E-state index contributed by atoms with van der Waals surface area (Å²) in [4.78, 5) is 0. The highest BCUT2D eigenvalue weighted by Crippen LogP contribution is 2.26. The maximum atomic E-state index is 9.00. The van der Waals surface area contributed by atoms with E-state index in [1.54, 1.807) is 0 Å². The molecule has 0 heterocycles. The van der Waals surface area contributed by atoms with Crippen LogP contribution in [0.15, 0.2) is 78.9 Å². The van der Waals surface area contributed by atoms with E-state index in [2.05, 4.69) is 0 Å². The summed E-state index contributed by atoms with van der Waals surface area (Å²) in [7, 11) is 0. The number of ether oxygens (including phenoxy) is 2. The summed E-state index contributed by atoms with van der Waals surface area (Å²) in [6.07, 6.45) is 0.641. The maximum absolute atomic E-state index is 9.00. The van der Waals surface area contributed by atoms with E-state index in [9.17, 15) is 0 Å². The number of nitrogens with two attached hydrogens (primary N) is 1. The molecular weight excluding hydrogens is 350 g/mol. The van der Waals surface area contributed by atoms with Gasteiger partial charge in [0.2, 0.25) is 0 Å². The zero-order valence-electron chi connectivity index (χ0n) is 14.2. The van der Waals surface area contributed by atoms with Gasteiger partial charge in [0, 0.05) is 6.04 Å². The van der Waals surface area contributed by atoms with Gasteiger partial charge in [-0.1, -0.05) is 30.3 Å². The number of hydrogen-bond acceptors (Lipinski definition) is 4. The summed E-state index contributed by atoms with van der Waals surface area (Å²) in [6, 6.07) is 24.6. The van der Waals surface area contributed by atoms with Crippen LogP contribution in [-0.4, -0.2) is 17.8 Å². The fourth-order valence-electron chi connectivity index (χ4n) is 2.40. The van der Waals surface area contributed by atoms with Gasteiger partial charge in [0.25, 0.3) is 0 Å². The number of hydrogen-bond donors (Lipinski definition) is 2. The van der Waals surface area contributed by atoms with Crippen LogP contribution in [0.5, 0.6) is 23.0 Å². The van der Waals surface area contributed by atoms with Gasteiger partial charge in [-0.05, 0) is 60.5 Å². The summed E-state index contributed by atoms with van der Waals surface area (Å²) in [5.74, 6) is 3.04. The van der Waals surface area contributed by atoms with Crippen molar-refractivity contribution < 1.29 is 14.6 Å². The Morgan fingerprint density at radius 2 is 1.12 bits per heavy atom. The van der Waals surface area contributed by atoms with Gasteiger partial charge in [-0.3, -0.25) is 0 Å². The SMILES string of the molecule is Cl.N[C@@H](CO)Cc1ccc(Oc2ccc(Oc3ccccc3)cc2)cc1. The zero-order valence-corrected chi connectivity index (χ0v) is 15.1. The summed E-state index contributed by atoms with van der Waals surface area (Å²) >= 11 is 0. The Morgan fingerprint density at radius 1 is 0.692 bits per heavy atom. The molecule has 1 atom stereocenters. The van der Waals surface area contributed by atoms with Gasteiger partial charge < -0.3 is 20.3 Å². The van der Waals surface area contributed by atoms with Gasteiger partial charge in [-0.15, -0.1) is 12.4 Å². The van der Waals surface area contributed by atoms with Crippen molar-refractivity contribution in [1.29, 1.82) is 0 Å². The number of aliphatic hydroxyl groups excluding tert-OH is 1. The minimum absolute atomic E-state index is 0. The van der Waals surface area contributed by atoms with E-state index >= 15 is 0 Å². The Morgan fingerprint density at radius 3 is 1.58 bits per heavy atom. The predicted molar refractivity (Wildman–Crippen MR) is 105 cm³/mol. The van der Waals surface area contributed by atoms with E-state index in [1.807, 2.05) is 78.9 Å². The first kappa shape index (κ1) is 19.8. The van der Waals surface area contributed by atoms with Crippen LogP contribution in [0.25, 0.3) is 0 Å². The highest BCUT2D eigenvalue weighted by atomic mass is 35.5. The van der Waals surface area contributed by atoms with Crippen LogP contribution < -0.4 is 15.2 Å². The van der Waals surface area contributed by atoms with Crippen molar-refractivity contribution in [3.8, 4) is 23.0 Å². The second kappa shape index (κ2) is 9.82. The molecule has 3 aromatic carbocycles. The molecule has 0 aliphatic rings. The van der Waals surface area contributed by atoms with Crippen molar-refractivity contribution >= 4 is 12.4 Å². The molecule has 0 saturated carbocycles. The Balaban J connectivity index is 0.00000243. The van der Waals surface area contributed by atoms with Gasteiger partial charge >= 0.3 is 0 Å². The second-order valence-electron chi connectivity index (χ2n) is 5.78. The van der Waals surface area contributed by atoms with Crippen LogP contribution in [0.3, 0.4) is 0 Å². The van der Waals surface area contributed by atoms with Crippen molar-refractivity contribution in [2.24, 2.45) is 5.73 Å². The first-order chi connectivity index (χ1) is 12.2. The lowest BCUT2D eigenvalue weighted by Gasteiger charge is -2.10. The smallest absolute Gasteiger partial charge is 0.127 e. The molecule has 26 heavy (non-hydrogen) atoms. The third-order valence-electron chi connectivity index (χ3n) is 3.69. The molecule has 136 valence electrons. The maximum Gasteiger partial charge on any atom is 0.127 e. The van der Waals surface area contributed by atoms with Crippen molar-refractivity contribution in [1.82, 2.24) is 0 Å². The van der Waals surface area contributed by atoms with E-state index in [-0.39, 0.29) is 25.1 Å². The lowest BCUT2D eigenvalue weighted by molar-refractivity contribution is 0.265. The number of para-hydroxylation sites is 1. The molecule has 0 radical (unpaired) electrons. The lowest BCUT2D eigenvalue weighted by Crippen LogP contribution is -2.26. The Kier molecular flexibility index (Phi) is 7.48. The molecule has 0 fully saturated rings. The Labute approximate surface area is 159 Å². The second-order valence-corrected chi connectivity index (χ2v) is 5.78. The normalized spacial score (nSPS) is 11.3. The van der Waals surface area contributed by atoms with Crippen LogP contribution >= 0.6 is 12.4 Å². The number of benzene rings is 3. The van der Waals surface area contributed by atoms with Gasteiger partial charge in [-0.25, -0.2) is 0 Å². The molecule has 0 aliphatic carbocycles. The third-order valence-corrected chi connectivity index (χ3v) is 3.69. The van der Waals surface area contributed by atoms with E-state index in [1.165, 1.54) is 0 Å². The van der Waals surface area contributed by atoms with Crippen LogP contribution in [-0.2, 0) is 6.42 Å². The molecule has 3 aromatic rings. The predicted octanol–water partition coefficient (Wildman–Crippen LogP) is 4.56. The van der Waals surface area contributed by atoms with Crippen LogP contribution in [0.1, 0.15) is 5.56 Å². The first-order valence-corrected chi connectivity index (χ1v) is 8.19. The van der Waals surface area contributed by atoms with Gasteiger partial charge in [0.1, 0.15) is 23.0 Å². The summed E-state index contributed by atoms with van der Waals surface area (Å²) in [6.45, 7) is -0.0182.